The number of anilines is 1. The number of hydrogen-bond acceptors (Lipinski definition) is 4. The molecule has 0 aliphatic carbocycles. The molecule has 0 bridgehead atoms. The molecule has 0 radical (unpaired) electrons. The van der Waals surface area contributed by atoms with Crippen molar-refractivity contribution in [3.8, 4) is 5.75 Å². The maximum absolute atomic E-state index is 12.4. The van der Waals surface area contributed by atoms with Crippen LogP contribution in [-0.4, -0.2) is 23.5 Å². The van der Waals surface area contributed by atoms with Crippen LogP contribution in [0.2, 0.25) is 0 Å². The minimum absolute atomic E-state index is 0.0704. The Morgan fingerprint density at radius 2 is 1.92 bits per heavy atom. The Labute approximate surface area is 157 Å². The van der Waals surface area contributed by atoms with Gasteiger partial charge in [0.25, 0.3) is 11.8 Å². The molecule has 0 spiro atoms. The van der Waals surface area contributed by atoms with Crippen LogP contribution in [-0.2, 0) is 0 Å². The Balaban J connectivity index is 2.00. The van der Waals surface area contributed by atoms with E-state index in [2.05, 4.69) is 17.6 Å². The fourth-order valence-electron chi connectivity index (χ4n) is 2.20. The summed E-state index contributed by atoms with van der Waals surface area (Å²) in [5.41, 5.74) is 6.47. The first-order valence-electron chi connectivity index (χ1n) is 8.25. The fourth-order valence-corrected chi connectivity index (χ4v) is 2.40. The van der Waals surface area contributed by atoms with Gasteiger partial charge in [-0.05, 0) is 49.0 Å². The smallest absolute Gasteiger partial charge is 0.257 e. The highest BCUT2D eigenvalue weighted by Gasteiger charge is 2.12. The summed E-state index contributed by atoms with van der Waals surface area (Å²) in [6.07, 6.45) is 1.98. The number of ether oxygens (including phenoxy) is 1. The Morgan fingerprint density at radius 3 is 2.65 bits per heavy atom. The molecule has 0 aromatic heterocycles. The SMILES string of the molecule is CCCCOc1cccc(C(=O)NC(=S)Nc2ccccc2C(N)=O)c1. The van der Waals surface area contributed by atoms with E-state index in [-0.39, 0.29) is 16.6 Å². The zero-order valence-corrected chi connectivity index (χ0v) is 15.3. The van der Waals surface area contributed by atoms with Gasteiger partial charge in [0, 0.05) is 5.56 Å². The minimum Gasteiger partial charge on any atom is -0.494 e. The summed E-state index contributed by atoms with van der Waals surface area (Å²) in [5.74, 6) is -0.330. The van der Waals surface area contributed by atoms with Crippen molar-refractivity contribution in [3.05, 3.63) is 59.7 Å². The second-order valence-corrected chi connectivity index (χ2v) is 5.96. The molecule has 0 heterocycles. The van der Waals surface area contributed by atoms with Crippen LogP contribution < -0.4 is 21.1 Å². The van der Waals surface area contributed by atoms with Crippen molar-refractivity contribution in [2.75, 3.05) is 11.9 Å². The number of amides is 2. The Morgan fingerprint density at radius 1 is 1.15 bits per heavy atom. The number of rotatable bonds is 7. The van der Waals surface area contributed by atoms with E-state index in [0.717, 1.165) is 12.8 Å². The van der Waals surface area contributed by atoms with Gasteiger partial charge in [0.05, 0.1) is 17.9 Å². The van der Waals surface area contributed by atoms with Gasteiger partial charge < -0.3 is 15.8 Å². The summed E-state index contributed by atoms with van der Waals surface area (Å²) >= 11 is 5.15. The van der Waals surface area contributed by atoms with Crippen LogP contribution in [0.25, 0.3) is 0 Å². The maximum Gasteiger partial charge on any atom is 0.257 e. The van der Waals surface area contributed by atoms with Crippen LogP contribution in [0.4, 0.5) is 5.69 Å². The number of carbonyl (C=O) groups is 2. The zero-order chi connectivity index (χ0) is 18.9. The van der Waals surface area contributed by atoms with E-state index >= 15 is 0 Å². The normalized spacial score (nSPS) is 10.0. The number of hydrogen-bond donors (Lipinski definition) is 3. The molecule has 0 aliphatic heterocycles. The molecule has 4 N–H and O–H groups in total. The maximum atomic E-state index is 12.4. The molecule has 136 valence electrons. The van der Waals surface area contributed by atoms with Crippen molar-refractivity contribution in [2.45, 2.75) is 19.8 Å². The van der Waals surface area contributed by atoms with Gasteiger partial charge >= 0.3 is 0 Å². The van der Waals surface area contributed by atoms with Gasteiger partial charge in [-0.25, -0.2) is 0 Å². The van der Waals surface area contributed by atoms with Gasteiger partial charge in [0.15, 0.2) is 5.11 Å². The molecule has 26 heavy (non-hydrogen) atoms. The molecule has 0 atom stereocenters. The third-order valence-corrected chi connectivity index (χ3v) is 3.73. The molecular weight excluding hydrogens is 350 g/mol. The van der Waals surface area contributed by atoms with Crippen LogP contribution in [0.15, 0.2) is 48.5 Å². The van der Waals surface area contributed by atoms with Crippen molar-refractivity contribution in [3.63, 3.8) is 0 Å². The van der Waals surface area contributed by atoms with E-state index in [1.54, 1.807) is 48.5 Å². The third kappa shape index (κ3) is 5.56. The average Bonchev–Trinajstić information content (AvgIpc) is 2.62. The molecule has 2 rings (SSSR count). The Kier molecular flexibility index (Phi) is 7.11. The van der Waals surface area contributed by atoms with Crippen LogP contribution >= 0.6 is 12.2 Å². The number of benzene rings is 2. The third-order valence-electron chi connectivity index (χ3n) is 3.53. The van der Waals surface area contributed by atoms with Crippen molar-refractivity contribution in [1.82, 2.24) is 5.32 Å². The lowest BCUT2D eigenvalue weighted by Crippen LogP contribution is -2.34. The van der Waals surface area contributed by atoms with Crippen molar-refractivity contribution in [1.29, 1.82) is 0 Å². The van der Waals surface area contributed by atoms with Gasteiger partial charge in [-0.2, -0.15) is 0 Å². The molecule has 0 unspecified atom stereocenters. The Bertz CT molecular complexity index is 808. The van der Waals surface area contributed by atoms with E-state index in [4.69, 9.17) is 22.7 Å². The summed E-state index contributed by atoms with van der Waals surface area (Å²) in [7, 11) is 0. The molecule has 0 fully saturated rings. The topological polar surface area (TPSA) is 93.4 Å². The number of para-hydroxylation sites is 1. The lowest BCUT2D eigenvalue weighted by atomic mass is 10.1. The quantitative estimate of drug-likeness (QED) is 0.514. The van der Waals surface area contributed by atoms with Crippen LogP contribution in [0.5, 0.6) is 5.75 Å². The van der Waals surface area contributed by atoms with Gasteiger partial charge in [0.1, 0.15) is 5.75 Å². The van der Waals surface area contributed by atoms with E-state index in [9.17, 15) is 9.59 Å². The lowest BCUT2D eigenvalue weighted by Gasteiger charge is -2.12. The van der Waals surface area contributed by atoms with Crippen molar-refractivity contribution >= 4 is 34.8 Å². The molecule has 2 amide bonds. The van der Waals surface area contributed by atoms with Gasteiger partial charge in [-0.15, -0.1) is 0 Å². The van der Waals surface area contributed by atoms with E-state index in [1.807, 2.05) is 0 Å². The molecule has 2 aromatic rings. The predicted molar refractivity (Wildman–Crippen MR) is 105 cm³/mol. The lowest BCUT2D eigenvalue weighted by molar-refractivity contribution is 0.0975. The molecule has 6 nitrogen and oxygen atoms in total. The number of unbranched alkanes of at least 4 members (excludes halogenated alkanes) is 1. The second-order valence-electron chi connectivity index (χ2n) is 5.55. The zero-order valence-electron chi connectivity index (χ0n) is 14.5. The number of thiocarbonyl (C=S) groups is 1. The highest BCUT2D eigenvalue weighted by Crippen LogP contribution is 2.15. The van der Waals surface area contributed by atoms with E-state index in [1.165, 1.54) is 0 Å². The minimum atomic E-state index is -0.584. The standard InChI is InChI=1S/C19H21N3O3S/c1-2-3-11-25-14-8-6-7-13(12-14)18(24)22-19(26)21-16-10-5-4-9-15(16)17(20)23/h4-10,12H,2-3,11H2,1H3,(H2,20,23)(H2,21,22,24,26). The van der Waals surface area contributed by atoms with Gasteiger partial charge in [-0.3, -0.25) is 14.9 Å². The number of carbonyl (C=O) groups excluding carboxylic acids is 2. The predicted octanol–water partition coefficient (Wildman–Crippen LogP) is 3.09. The highest BCUT2D eigenvalue weighted by atomic mass is 32.1. The van der Waals surface area contributed by atoms with E-state index in [0.29, 0.717) is 23.6 Å². The van der Waals surface area contributed by atoms with Crippen LogP contribution in [0, 0.1) is 0 Å². The highest BCUT2D eigenvalue weighted by molar-refractivity contribution is 7.80. The van der Waals surface area contributed by atoms with Crippen LogP contribution in [0.3, 0.4) is 0 Å². The summed E-state index contributed by atoms with van der Waals surface area (Å²) in [4.78, 5) is 23.8. The second kappa shape index (κ2) is 9.53. The van der Waals surface area contributed by atoms with Crippen molar-refractivity contribution < 1.29 is 14.3 Å². The molecule has 0 saturated carbocycles. The van der Waals surface area contributed by atoms with Crippen LogP contribution in [0.1, 0.15) is 40.5 Å². The summed E-state index contributed by atoms with van der Waals surface area (Å²) in [6, 6.07) is 13.5. The largest absolute Gasteiger partial charge is 0.494 e. The summed E-state index contributed by atoms with van der Waals surface area (Å²) in [5, 5.41) is 5.47. The number of nitrogens with one attached hydrogen (secondary N) is 2. The first-order valence-corrected chi connectivity index (χ1v) is 8.66. The molecule has 7 heteroatoms. The van der Waals surface area contributed by atoms with E-state index < -0.39 is 5.91 Å². The summed E-state index contributed by atoms with van der Waals surface area (Å²) in [6.45, 7) is 2.68. The molecule has 0 saturated heterocycles. The monoisotopic (exact) mass is 371 g/mol. The first kappa shape index (κ1) is 19.4. The first-order chi connectivity index (χ1) is 12.5. The van der Waals surface area contributed by atoms with Crippen molar-refractivity contribution in [2.24, 2.45) is 5.73 Å². The average molecular weight is 371 g/mol. The number of nitrogens with two attached hydrogens (primary N) is 1. The molecule has 2 aromatic carbocycles. The number of primary amides is 1. The molecular formula is C19H21N3O3S. The Hall–Kier alpha value is -2.93. The molecule has 0 aliphatic rings. The van der Waals surface area contributed by atoms with Gasteiger partial charge in [0.2, 0.25) is 0 Å². The van der Waals surface area contributed by atoms with Gasteiger partial charge in [-0.1, -0.05) is 31.5 Å². The fraction of sp³-hybridized carbons (Fsp3) is 0.211. The summed E-state index contributed by atoms with van der Waals surface area (Å²) < 4.78 is 5.60.